The summed E-state index contributed by atoms with van der Waals surface area (Å²) in [5, 5.41) is 2.71. The number of carbonyl (C=O) groups is 1. The minimum Gasteiger partial charge on any atom is -0.494 e. The highest BCUT2D eigenvalue weighted by Gasteiger charge is 2.12. The zero-order valence-corrected chi connectivity index (χ0v) is 12.6. The Balaban J connectivity index is 2.26. The lowest BCUT2D eigenvalue weighted by Gasteiger charge is -2.10. The van der Waals surface area contributed by atoms with Gasteiger partial charge in [0.2, 0.25) is 0 Å². The fourth-order valence-electron chi connectivity index (χ4n) is 1.76. The first-order valence-corrected chi connectivity index (χ1v) is 6.72. The third-order valence-corrected chi connectivity index (χ3v) is 3.90. The highest BCUT2D eigenvalue weighted by molar-refractivity contribution is 9.10. The van der Waals surface area contributed by atoms with Crippen molar-refractivity contribution in [2.75, 3.05) is 12.4 Å². The van der Waals surface area contributed by atoms with E-state index in [1.807, 2.05) is 13.0 Å². The van der Waals surface area contributed by atoms with Gasteiger partial charge in [0.05, 0.1) is 12.7 Å². The van der Waals surface area contributed by atoms with Crippen LogP contribution in [0.4, 0.5) is 10.1 Å². The van der Waals surface area contributed by atoms with Gasteiger partial charge in [-0.1, -0.05) is 12.1 Å². The molecule has 0 fully saturated rings. The lowest BCUT2D eigenvalue weighted by Crippen LogP contribution is -2.13. The Labute approximate surface area is 124 Å². The van der Waals surface area contributed by atoms with Crippen molar-refractivity contribution in [3.8, 4) is 5.75 Å². The van der Waals surface area contributed by atoms with Gasteiger partial charge in [0.15, 0.2) is 11.6 Å². The number of amides is 1. The monoisotopic (exact) mass is 337 g/mol. The maximum Gasteiger partial charge on any atom is 0.256 e. The molecule has 0 aromatic heterocycles. The predicted molar refractivity (Wildman–Crippen MR) is 79.8 cm³/mol. The number of halogens is 2. The molecule has 0 heterocycles. The third-order valence-electron chi connectivity index (χ3n) is 2.85. The number of anilines is 1. The van der Waals surface area contributed by atoms with Crippen LogP contribution in [-0.2, 0) is 0 Å². The fraction of sp³-hybridized carbons (Fsp3) is 0.133. The SMILES string of the molecule is COc1cc(NC(=O)c2cccc(C)c2Br)ccc1F. The average molecular weight is 338 g/mol. The van der Waals surface area contributed by atoms with E-state index in [2.05, 4.69) is 21.2 Å². The molecule has 2 aromatic rings. The number of hydrogen-bond donors (Lipinski definition) is 1. The predicted octanol–water partition coefficient (Wildman–Crippen LogP) is 4.16. The van der Waals surface area contributed by atoms with Gasteiger partial charge >= 0.3 is 0 Å². The summed E-state index contributed by atoms with van der Waals surface area (Å²) in [6.45, 7) is 1.90. The second kappa shape index (κ2) is 6.05. The molecule has 0 unspecified atom stereocenters. The molecule has 20 heavy (non-hydrogen) atoms. The van der Waals surface area contributed by atoms with Gasteiger partial charge in [0.1, 0.15) is 0 Å². The summed E-state index contributed by atoms with van der Waals surface area (Å²) in [6.07, 6.45) is 0. The molecule has 0 bridgehead atoms. The molecule has 0 aliphatic heterocycles. The Kier molecular flexibility index (Phi) is 4.39. The van der Waals surface area contributed by atoms with Crippen LogP contribution in [0, 0.1) is 12.7 Å². The number of benzene rings is 2. The molecule has 1 amide bonds. The van der Waals surface area contributed by atoms with Gasteiger partial charge in [0.25, 0.3) is 5.91 Å². The number of methoxy groups -OCH3 is 1. The van der Waals surface area contributed by atoms with Crippen LogP contribution in [-0.4, -0.2) is 13.0 Å². The molecule has 0 aliphatic carbocycles. The lowest BCUT2D eigenvalue weighted by molar-refractivity contribution is 0.102. The van der Waals surface area contributed by atoms with E-state index in [0.29, 0.717) is 11.3 Å². The van der Waals surface area contributed by atoms with Crippen LogP contribution in [0.25, 0.3) is 0 Å². The molecule has 0 saturated carbocycles. The summed E-state index contributed by atoms with van der Waals surface area (Å²) < 4.78 is 18.9. The van der Waals surface area contributed by atoms with Crippen molar-refractivity contribution in [3.63, 3.8) is 0 Å². The highest BCUT2D eigenvalue weighted by Crippen LogP contribution is 2.24. The molecule has 2 rings (SSSR count). The lowest BCUT2D eigenvalue weighted by atomic mass is 10.1. The smallest absolute Gasteiger partial charge is 0.256 e. The second-order valence-electron chi connectivity index (χ2n) is 4.24. The van der Waals surface area contributed by atoms with Crippen molar-refractivity contribution in [2.24, 2.45) is 0 Å². The van der Waals surface area contributed by atoms with E-state index >= 15 is 0 Å². The summed E-state index contributed by atoms with van der Waals surface area (Å²) in [4.78, 5) is 12.2. The summed E-state index contributed by atoms with van der Waals surface area (Å²) in [5.41, 5.74) is 1.96. The molecule has 0 aliphatic rings. The first-order chi connectivity index (χ1) is 9.52. The minimum atomic E-state index is -0.470. The molecule has 1 N–H and O–H groups in total. The Hall–Kier alpha value is -1.88. The maximum atomic E-state index is 13.3. The molecule has 104 valence electrons. The van der Waals surface area contributed by atoms with Crippen molar-refractivity contribution >= 4 is 27.5 Å². The molecule has 2 aromatic carbocycles. The van der Waals surface area contributed by atoms with Gasteiger partial charge in [-0.05, 0) is 46.6 Å². The quantitative estimate of drug-likeness (QED) is 0.913. The standard InChI is InChI=1S/C15H13BrFNO2/c1-9-4-3-5-11(14(9)16)15(19)18-10-6-7-12(17)13(8-10)20-2/h3-8H,1-2H3,(H,18,19). The van der Waals surface area contributed by atoms with Gasteiger partial charge in [-0.25, -0.2) is 4.39 Å². The van der Waals surface area contributed by atoms with E-state index in [0.717, 1.165) is 10.0 Å². The molecule has 5 heteroatoms. The molecular weight excluding hydrogens is 325 g/mol. The van der Waals surface area contributed by atoms with E-state index in [4.69, 9.17) is 4.74 Å². The third kappa shape index (κ3) is 2.99. The Morgan fingerprint density at radius 3 is 2.75 bits per heavy atom. The molecule has 3 nitrogen and oxygen atoms in total. The first kappa shape index (κ1) is 14.5. The highest BCUT2D eigenvalue weighted by atomic mass is 79.9. The largest absolute Gasteiger partial charge is 0.494 e. The number of nitrogens with one attached hydrogen (secondary N) is 1. The van der Waals surface area contributed by atoms with Crippen molar-refractivity contribution in [3.05, 3.63) is 57.8 Å². The van der Waals surface area contributed by atoms with E-state index < -0.39 is 5.82 Å². The van der Waals surface area contributed by atoms with Crippen LogP contribution in [0.2, 0.25) is 0 Å². The average Bonchev–Trinajstić information content (AvgIpc) is 2.43. The number of rotatable bonds is 3. The molecule has 0 spiro atoms. The maximum absolute atomic E-state index is 13.3. The Bertz CT molecular complexity index is 658. The van der Waals surface area contributed by atoms with Crippen LogP contribution in [0.15, 0.2) is 40.9 Å². The van der Waals surface area contributed by atoms with E-state index in [-0.39, 0.29) is 11.7 Å². The van der Waals surface area contributed by atoms with Crippen molar-refractivity contribution in [2.45, 2.75) is 6.92 Å². The normalized spacial score (nSPS) is 10.2. The molecule has 0 atom stereocenters. The van der Waals surface area contributed by atoms with Gasteiger partial charge in [-0.15, -0.1) is 0 Å². The second-order valence-corrected chi connectivity index (χ2v) is 5.03. The van der Waals surface area contributed by atoms with Gasteiger partial charge < -0.3 is 10.1 Å². The summed E-state index contributed by atoms with van der Waals surface area (Å²) in [7, 11) is 1.38. The minimum absolute atomic E-state index is 0.0890. The molecule has 0 radical (unpaired) electrons. The van der Waals surface area contributed by atoms with Crippen molar-refractivity contribution in [1.82, 2.24) is 0 Å². The number of aryl methyl sites for hydroxylation is 1. The van der Waals surface area contributed by atoms with Crippen LogP contribution in [0.5, 0.6) is 5.75 Å². The summed E-state index contributed by atoms with van der Waals surface area (Å²) >= 11 is 3.39. The van der Waals surface area contributed by atoms with Gasteiger partial charge in [0, 0.05) is 16.2 Å². The zero-order valence-electron chi connectivity index (χ0n) is 11.0. The van der Waals surface area contributed by atoms with Crippen LogP contribution < -0.4 is 10.1 Å². The summed E-state index contributed by atoms with van der Waals surface area (Å²) in [6, 6.07) is 9.60. The van der Waals surface area contributed by atoms with Crippen LogP contribution in [0.1, 0.15) is 15.9 Å². The van der Waals surface area contributed by atoms with Gasteiger partial charge in [-0.3, -0.25) is 4.79 Å². The number of carbonyl (C=O) groups excluding carboxylic acids is 1. The van der Waals surface area contributed by atoms with E-state index in [1.54, 1.807) is 12.1 Å². The van der Waals surface area contributed by atoms with Crippen LogP contribution in [0.3, 0.4) is 0 Å². The van der Waals surface area contributed by atoms with Crippen molar-refractivity contribution in [1.29, 1.82) is 0 Å². The van der Waals surface area contributed by atoms with Crippen molar-refractivity contribution < 1.29 is 13.9 Å². The Morgan fingerprint density at radius 1 is 1.30 bits per heavy atom. The van der Waals surface area contributed by atoms with E-state index in [9.17, 15) is 9.18 Å². The summed E-state index contributed by atoms with van der Waals surface area (Å²) in [5.74, 6) is -0.650. The van der Waals surface area contributed by atoms with Gasteiger partial charge in [-0.2, -0.15) is 0 Å². The molecular formula is C15H13BrFNO2. The fourth-order valence-corrected chi connectivity index (χ4v) is 2.20. The number of hydrogen-bond acceptors (Lipinski definition) is 2. The molecule has 0 saturated heterocycles. The van der Waals surface area contributed by atoms with E-state index in [1.165, 1.54) is 25.3 Å². The zero-order chi connectivity index (χ0) is 14.7. The number of ether oxygens (including phenoxy) is 1. The Morgan fingerprint density at radius 2 is 2.05 bits per heavy atom. The first-order valence-electron chi connectivity index (χ1n) is 5.93. The topological polar surface area (TPSA) is 38.3 Å². The van der Waals surface area contributed by atoms with Crippen LogP contribution >= 0.6 is 15.9 Å².